The van der Waals surface area contributed by atoms with Crippen molar-refractivity contribution in [1.29, 1.82) is 0 Å². The van der Waals surface area contributed by atoms with Gasteiger partial charge in [0.2, 0.25) is 0 Å². The molecular weight excluding hydrogens is 1160 g/mol. The highest BCUT2D eigenvalue weighted by atomic mass is 14.7. The molecule has 5 aromatic heterocycles. The minimum Gasteiger partial charge on any atom is -0.261 e. The van der Waals surface area contributed by atoms with Gasteiger partial charge in [0.05, 0.1) is 0 Å². The van der Waals surface area contributed by atoms with Crippen molar-refractivity contribution in [2.75, 3.05) is 0 Å². The fourth-order valence-corrected chi connectivity index (χ4v) is 18.3. The Kier molecular flexibility index (Phi) is 35.2. The molecule has 5 aliphatic carbocycles. The summed E-state index contributed by atoms with van der Waals surface area (Å²) in [6, 6.07) is 52.6. The first-order chi connectivity index (χ1) is 46.7. The smallest absolute Gasteiger partial charge is 0.0496 e. The molecule has 5 aliphatic rings. The van der Waals surface area contributed by atoms with Crippen LogP contribution < -0.4 is 0 Å². The summed E-state index contributed by atoms with van der Waals surface area (Å²) in [6.07, 6.45) is 46.0. The average molecular weight is 1300 g/mol. The molecule has 2 aromatic carbocycles. The molecule has 0 bridgehead atoms. The molecule has 0 aliphatic heterocycles. The molecule has 7 aromatic rings. The number of aromatic nitrogens is 5. The van der Waals surface area contributed by atoms with E-state index in [2.05, 4.69) is 217 Å². The average Bonchev–Trinajstić information content (AvgIpc) is 2.51. The van der Waals surface area contributed by atoms with Crippen molar-refractivity contribution >= 4 is 0 Å². The van der Waals surface area contributed by atoms with E-state index >= 15 is 0 Å². The summed E-state index contributed by atoms with van der Waals surface area (Å²) in [6.45, 7) is 28.0. The Balaban J connectivity index is 0.000000163. The highest BCUT2D eigenvalue weighted by molar-refractivity contribution is 5.29. The molecule has 12 rings (SSSR count). The van der Waals surface area contributed by atoms with Gasteiger partial charge in [-0.2, -0.15) is 0 Å². The molecule has 5 fully saturated rings. The number of hydrogen-bond acceptors (Lipinski definition) is 5. The lowest BCUT2D eigenvalue weighted by molar-refractivity contribution is 0.102. The van der Waals surface area contributed by atoms with Gasteiger partial charge in [-0.05, 0) is 187 Å². The minimum absolute atomic E-state index is 0.280. The Morgan fingerprint density at radius 2 is 0.469 bits per heavy atom. The Morgan fingerprint density at radius 1 is 0.219 bits per heavy atom. The van der Waals surface area contributed by atoms with Gasteiger partial charge in [-0.3, -0.25) is 24.9 Å². The quantitative estimate of drug-likeness (QED) is 0.0857. The van der Waals surface area contributed by atoms with Crippen LogP contribution in [0.4, 0.5) is 0 Å². The zero-order chi connectivity index (χ0) is 68.3. The summed E-state index contributed by atoms with van der Waals surface area (Å²) in [7, 11) is 0. The maximum Gasteiger partial charge on any atom is 0.0496 e. The topological polar surface area (TPSA) is 64.5 Å². The highest BCUT2D eigenvalue weighted by Crippen LogP contribution is 2.45. The zero-order valence-electron chi connectivity index (χ0n) is 62.5. The number of hydrogen-bond donors (Lipinski definition) is 0. The summed E-state index contributed by atoms with van der Waals surface area (Å²) in [5, 5.41) is 0. The molecule has 5 nitrogen and oxygen atoms in total. The van der Waals surface area contributed by atoms with Gasteiger partial charge in [0.25, 0.3) is 0 Å². The Morgan fingerprint density at radius 3 is 0.729 bits per heavy atom. The predicted molar refractivity (Wildman–Crippen MR) is 411 cm³/mol. The second kappa shape index (κ2) is 43.6. The summed E-state index contributed by atoms with van der Waals surface area (Å²) in [5.74, 6) is 12.8. The monoisotopic (exact) mass is 1300 g/mol. The molecular formula is C91H133N5. The molecule has 5 heteroatoms. The van der Waals surface area contributed by atoms with E-state index in [4.69, 9.17) is 0 Å². The van der Waals surface area contributed by atoms with Crippen LogP contribution in [-0.4, -0.2) is 24.9 Å². The van der Waals surface area contributed by atoms with Crippen LogP contribution in [0.5, 0.6) is 0 Å². The number of nitrogens with zero attached hydrogens (tertiary/aromatic N) is 5. The van der Waals surface area contributed by atoms with Gasteiger partial charge in [0.1, 0.15) is 0 Å². The number of benzene rings is 2. The maximum atomic E-state index is 4.58. The highest BCUT2D eigenvalue weighted by Gasteiger charge is 2.34. The van der Waals surface area contributed by atoms with Crippen LogP contribution in [0.15, 0.2) is 183 Å². The van der Waals surface area contributed by atoms with Gasteiger partial charge in [0, 0.05) is 83.1 Å². The summed E-state index contributed by atoms with van der Waals surface area (Å²) in [4.78, 5) is 22.5. The van der Waals surface area contributed by atoms with Crippen LogP contribution in [0, 0.1) is 71.0 Å². The van der Waals surface area contributed by atoms with Crippen molar-refractivity contribution in [2.24, 2.45) is 71.0 Å². The van der Waals surface area contributed by atoms with Gasteiger partial charge in [-0.1, -0.05) is 296 Å². The van der Waals surface area contributed by atoms with E-state index in [-0.39, 0.29) is 5.92 Å². The summed E-state index contributed by atoms with van der Waals surface area (Å²) < 4.78 is 0. The van der Waals surface area contributed by atoms with Crippen molar-refractivity contribution in [2.45, 2.75) is 273 Å². The van der Waals surface area contributed by atoms with Crippen LogP contribution in [0.1, 0.15) is 313 Å². The van der Waals surface area contributed by atoms with Crippen LogP contribution >= 0.6 is 0 Å². The molecule has 5 heterocycles. The van der Waals surface area contributed by atoms with Gasteiger partial charge in [0.15, 0.2) is 0 Å². The van der Waals surface area contributed by atoms with Crippen LogP contribution in [0.25, 0.3) is 0 Å². The van der Waals surface area contributed by atoms with Gasteiger partial charge in [-0.25, -0.2) is 0 Å². The maximum absolute atomic E-state index is 4.58. The van der Waals surface area contributed by atoms with Crippen molar-refractivity contribution < 1.29 is 0 Å². The second-order valence-electron chi connectivity index (χ2n) is 31.7. The summed E-state index contributed by atoms with van der Waals surface area (Å²) in [5.41, 5.74) is 8.87. The van der Waals surface area contributed by atoms with Gasteiger partial charge in [-0.15, -0.1) is 0 Å². The third-order valence-electron chi connectivity index (χ3n) is 22.5. The largest absolute Gasteiger partial charge is 0.261 e. The van der Waals surface area contributed by atoms with Gasteiger partial charge >= 0.3 is 0 Å². The SMILES string of the molecule is CC(C)C(C1CCCCC1)C1CCCCC1.CC(C)C(c1ccccc1)C1CCCCC1.CC(C)C(c1ccccc1)c1ccccn1.CC(C)C(c1ccccn1)C1CCCCC1.CC(C)C(c1ccccn1)C1CCCCC1.CC(C)C(c1ccccn1)c1ccccn1. The molecule has 4 unspecified atom stereocenters. The molecule has 522 valence electrons. The molecule has 96 heavy (non-hydrogen) atoms. The van der Waals surface area contributed by atoms with Crippen molar-refractivity contribution in [1.82, 2.24) is 24.9 Å². The first-order valence-corrected chi connectivity index (χ1v) is 39.4. The van der Waals surface area contributed by atoms with E-state index in [0.29, 0.717) is 41.4 Å². The first kappa shape index (κ1) is 77.5. The van der Waals surface area contributed by atoms with E-state index in [1.54, 1.807) is 31.2 Å². The molecule has 0 amide bonds. The summed E-state index contributed by atoms with van der Waals surface area (Å²) >= 11 is 0. The second-order valence-corrected chi connectivity index (χ2v) is 31.7. The fourth-order valence-electron chi connectivity index (χ4n) is 18.3. The number of rotatable bonds is 18. The lowest BCUT2D eigenvalue weighted by Gasteiger charge is -2.40. The van der Waals surface area contributed by atoms with Crippen LogP contribution in [-0.2, 0) is 0 Å². The fraction of sp³-hybridized carbons (Fsp3) is 0.593. The first-order valence-electron chi connectivity index (χ1n) is 39.4. The van der Waals surface area contributed by atoms with Crippen molar-refractivity contribution in [3.63, 3.8) is 0 Å². The lowest BCUT2D eigenvalue weighted by Crippen LogP contribution is -2.31. The Bertz CT molecular complexity index is 2640. The lowest BCUT2D eigenvalue weighted by atomic mass is 9.65. The third-order valence-corrected chi connectivity index (χ3v) is 22.5. The standard InChI is InChI=1S/C16H30.C16H24.2C15H23N.C15H17N.C14H16N2/c2*1-13(2)16(14-9-5-3-6-10-14)15-11-7-4-8-12-15;3*1-12(2)15(13-8-4-3-5-9-13)14-10-6-7-11-16-14;1-11(2)14(12-7-3-5-9-15-12)13-8-4-6-10-16-13/h13-16H,3-12H2,1-2H3;3,5-6,9-10,13,15-16H,4,7-8,11-12H2,1-2H3;2*6-7,10-13,15H,3-5,8-9H2,1-2H3;3-12,15H,1-2H3;3-11,14H,1-2H3. The minimum atomic E-state index is 0.280. The van der Waals surface area contributed by atoms with Crippen LogP contribution in [0.2, 0.25) is 0 Å². The zero-order valence-corrected chi connectivity index (χ0v) is 62.5. The Labute approximate surface area is 588 Å². The molecule has 0 radical (unpaired) electrons. The van der Waals surface area contributed by atoms with E-state index < -0.39 is 0 Å². The Hall–Kier alpha value is -5.81. The molecule has 5 saturated carbocycles. The normalized spacial score (nSPS) is 18.2. The van der Waals surface area contributed by atoms with E-state index in [0.717, 1.165) is 70.3 Å². The molecule has 4 atom stereocenters. The molecule has 0 N–H and O–H groups in total. The van der Waals surface area contributed by atoms with Crippen molar-refractivity contribution in [3.05, 3.63) is 222 Å². The van der Waals surface area contributed by atoms with E-state index in [1.807, 2.05) is 73.4 Å². The van der Waals surface area contributed by atoms with Gasteiger partial charge < -0.3 is 0 Å². The molecule has 0 saturated heterocycles. The number of pyridine rings is 5. The van der Waals surface area contributed by atoms with Crippen LogP contribution in [0.3, 0.4) is 0 Å². The molecule has 0 spiro atoms. The third kappa shape index (κ3) is 25.5. The van der Waals surface area contributed by atoms with Crippen molar-refractivity contribution in [3.8, 4) is 0 Å². The predicted octanol–water partition coefficient (Wildman–Crippen LogP) is 26.4. The van der Waals surface area contributed by atoms with E-state index in [9.17, 15) is 0 Å². The van der Waals surface area contributed by atoms with E-state index in [1.165, 1.54) is 152 Å².